The highest BCUT2D eigenvalue weighted by molar-refractivity contribution is 5.89. The Morgan fingerprint density at radius 3 is 2.63 bits per heavy atom. The summed E-state index contributed by atoms with van der Waals surface area (Å²) < 4.78 is 9.99. The largest absolute Gasteiger partial charge is 0.465 e. The van der Waals surface area contributed by atoms with Crippen LogP contribution in [0.1, 0.15) is 27.6 Å². The lowest BCUT2D eigenvalue weighted by molar-refractivity contribution is 0.0600. The van der Waals surface area contributed by atoms with Gasteiger partial charge in [-0.05, 0) is 24.6 Å². The van der Waals surface area contributed by atoms with Crippen molar-refractivity contribution in [3.05, 3.63) is 53.2 Å². The molecule has 0 radical (unpaired) electrons. The van der Waals surface area contributed by atoms with Crippen molar-refractivity contribution in [1.29, 1.82) is 0 Å². The molecule has 0 unspecified atom stereocenters. The lowest BCUT2D eigenvalue weighted by Crippen LogP contribution is -2.13. The Balaban J connectivity index is 1.84. The Morgan fingerprint density at radius 2 is 2.05 bits per heavy atom. The first-order valence-electron chi connectivity index (χ1n) is 5.98. The monoisotopic (exact) mass is 260 g/mol. The maximum Gasteiger partial charge on any atom is 0.337 e. The van der Waals surface area contributed by atoms with Crippen LogP contribution >= 0.6 is 0 Å². The predicted octanol–water partition coefficient (Wildman–Crippen LogP) is 2.06. The number of methoxy groups -OCH3 is 1. The topological polar surface area (TPSA) is 64.4 Å². The average Bonchev–Trinajstić information content (AvgIpc) is 2.84. The van der Waals surface area contributed by atoms with E-state index in [4.69, 9.17) is 4.42 Å². The van der Waals surface area contributed by atoms with Crippen LogP contribution in [-0.2, 0) is 17.8 Å². The molecule has 1 aromatic heterocycles. The molecule has 0 aliphatic rings. The van der Waals surface area contributed by atoms with E-state index in [9.17, 15) is 4.79 Å². The highest BCUT2D eigenvalue weighted by Crippen LogP contribution is 2.06. The molecule has 1 aromatic carbocycles. The van der Waals surface area contributed by atoms with E-state index in [1.165, 1.54) is 7.11 Å². The number of aryl methyl sites for hydroxylation is 1. The van der Waals surface area contributed by atoms with Gasteiger partial charge in [-0.25, -0.2) is 9.78 Å². The number of hydrogen-bond acceptors (Lipinski definition) is 5. The fourth-order valence-electron chi connectivity index (χ4n) is 1.67. The number of ether oxygens (including phenoxy) is 1. The van der Waals surface area contributed by atoms with Gasteiger partial charge >= 0.3 is 5.97 Å². The zero-order chi connectivity index (χ0) is 13.7. The number of hydrogen-bond donors (Lipinski definition) is 1. The van der Waals surface area contributed by atoms with Crippen LogP contribution in [0.2, 0.25) is 0 Å². The summed E-state index contributed by atoms with van der Waals surface area (Å²) in [5, 5.41) is 3.22. The smallest absolute Gasteiger partial charge is 0.337 e. The molecule has 0 spiro atoms. The first-order chi connectivity index (χ1) is 9.19. The van der Waals surface area contributed by atoms with Gasteiger partial charge in [0.15, 0.2) is 0 Å². The summed E-state index contributed by atoms with van der Waals surface area (Å²) in [5.41, 5.74) is 1.63. The zero-order valence-electron chi connectivity index (χ0n) is 11.0. The Hall–Kier alpha value is -2.14. The Labute approximate surface area is 111 Å². The lowest BCUT2D eigenvalue weighted by atomic mass is 10.1. The van der Waals surface area contributed by atoms with Crippen molar-refractivity contribution < 1.29 is 13.9 Å². The molecule has 1 heterocycles. The quantitative estimate of drug-likeness (QED) is 0.834. The zero-order valence-corrected chi connectivity index (χ0v) is 11.0. The number of nitrogens with one attached hydrogen (secondary N) is 1. The standard InChI is InChI=1S/C14H16N2O3/c1-10-7-16-13(19-10)9-15-8-11-3-5-12(6-4-11)14(17)18-2/h3-7,15H,8-9H2,1-2H3. The number of carbonyl (C=O) groups excluding carboxylic acids is 1. The third-order valence-corrected chi connectivity index (χ3v) is 2.65. The molecular formula is C14H16N2O3. The maximum atomic E-state index is 11.3. The van der Waals surface area contributed by atoms with Crippen molar-refractivity contribution in [3.8, 4) is 0 Å². The van der Waals surface area contributed by atoms with Crippen molar-refractivity contribution in [2.75, 3.05) is 7.11 Å². The minimum Gasteiger partial charge on any atom is -0.465 e. The molecule has 19 heavy (non-hydrogen) atoms. The van der Waals surface area contributed by atoms with Crippen LogP contribution in [0.25, 0.3) is 0 Å². The molecule has 5 heteroatoms. The first kappa shape index (κ1) is 13.3. The predicted molar refractivity (Wildman–Crippen MR) is 69.6 cm³/mol. The minimum absolute atomic E-state index is 0.324. The molecule has 2 rings (SSSR count). The summed E-state index contributed by atoms with van der Waals surface area (Å²) in [6.07, 6.45) is 1.70. The van der Waals surface area contributed by atoms with E-state index in [0.717, 1.165) is 11.3 Å². The fraction of sp³-hybridized carbons (Fsp3) is 0.286. The second-order valence-corrected chi connectivity index (χ2v) is 4.16. The molecule has 5 nitrogen and oxygen atoms in total. The van der Waals surface area contributed by atoms with Gasteiger partial charge in [0.1, 0.15) is 5.76 Å². The van der Waals surface area contributed by atoms with Gasteiger partial charge < -0.3 is 14.5 Å². The minimum atomic E-state index is -0.324. The SMILES string of the molecule is COC(=O)c1ccc(CNCc2ncc(C)o2)cc1. The van der Waals surface area contributed by atoms with Crippen molar-refractivity contribution in [3.63, 3.8) is 0 Å². The van der Waals surface area contributed by atoms with Crippen molar-refractivity contribution in [2.24, 2.45) is 0 Å². The molecule has 2 aromatic rings. The van der Waals surface area contributed by atoms with Crippen molar-refractivity contribution >= 4 is 5.97 Å². The number of nitrogens with zero attached hydrogens (tertiary/aromatic N) is 1. The summed E-state index contributed by atoms with van der Waals surface area (Å²) in [6, 6.07) is 7.27. The van der Waals surface area contributed by atoms with Crippen LogP contribution in [0.5, 0.6) is 0 Å². The van der Waals surface area contributed by atoms with E-state index in [0.29, 0.717) is 24.5 Å². The van der Waals surface area contributed by atoms with Gasteiger partial charge in [0.25, 0.3) is 0 Å². The molecule has 0 fully saturated rings. The number of benzene rings is 1. The Morgan fingerprint density at radius 1 is 1.32 bits per heavy atom. The molecule has 100 valence electrons. The summed E-state index contributed by atoms with van der Waals surface area (Å²) >= 11 is 0. The van der Waals surface area contributed by atoms with Crippen LogP contribution in [0.3, 0.4) is 0 Å². The summed E-state index contributed by atoms with van der Waals surface area (Å²) in [4.78, 5) is 15.4. The Kier molecular flexibility index (Phi) is 4.30. The van der Waals surface area contributed by atoms with Crippen molar-refractivity contribution in [2.45, 2.75) is 20.0 Å². The van der Waals surface area contributed by atoms with E-state index in [1.807, 2.05) is 19.1 Å². The summed E-state index contributed by atoms with van der Waals surface area (Å²) in [7, 11) is 1.37. The first-order valence-corrected chi connectivity index (χ1v) is 5.98. The number of carbonyl (C=O) groups is 1. The number of oxazole rings is 1. The van der Waals surface area contributed by atoms with Crippen LogP contribution in [0.4, 0.5) is 0 Å². The third-order valence-electron chi connectivity index (χ3n) is 2.65. The van der Waals surface area contributed by atoms with Gasteiger partial charge in [-0.2, -0.15) is 0 Å². The fourth-order valence-corrected chi connectivity index (χ4v) is 1.67. The summed E-state index contributed by atoms with van der Waals surface area (Å²) in [6.45, 7) is 3.12. The van der Waals surface area contributed by atoms with Crippen molar-refractivity contribution in [1.82, 2.24) is 10.3 Å². The van der Waals surface area contributed by atoms with E-state index in [1.54, 1.807) is 18.3 Å². The molecular weight excluding hydrogens is 244 g/mol. The summed E-state index contributed by atoms with van der Waals surface area (Å²) in [5.74, 6) is 1.15. The average molecular weight is 260 g/mol. The van der Waals surface area contributed by atoms with Crippen LogP contribution in [-0.4, -0.2) is 18.1 Å². The van der Waals surface area contributed by atoms with Gasteiger partial charge in [0.05, 0.1) is 25.4 Å². The van der Waals surface area contributed by atoms with Gasteiger partial charge in [-0.15, -0.1) is 0 Å². The number of esters is 1. The van der Waals surface area contributed by atoms with Gasteiger partial charge in [-0.3, -0.25) is 0 Å². The number of rotatable bonds is 5. The molecule has 0 saturated heterocycles. The van der Waals surface area contributed by atoms with E-state index in [2.05, 4.69) is 15.0 Å². The molecule has 0 bridgehead atoms. The number of aromatic nitrogens is 1. The highest BCUT2D eigenvalue weighted by atomic mass is 16.5. The molecule has 0 atom stereocenters. The lowest BCUT2D eigenvalue weighted by Gasteiger charge is -2.04. The molecule has 0 aliphatic carbocycles. The van der Waals surface area contributed by atoms with Crippen LogP contribution < -0.4 is 5.32 Å². The van der Waals surface area contributed by atoms with E-state index in [-0.39, 0.29) is 5.97 Å². The van der Waals surface area contributed by atoms with Gasteiger partial charge in [0, 0.05) is 6.54 Å². The Bertz CT molecular complexity index is 546. The van der Waals surface area contributed by atoms with Crippen LogP contribution in [0.15, 0.2) is 34.9 Å². The molecule has 0 saturated carbocycles. The second-order valence-electron chi connectivity index (χ2n) is 4.16. The van der Waals surface area contributed by atoms with Gasteiger partial charge in [0.2, 0.25) is 5.89 Å². The molecule has 0 amide bonds. The molecule has 1 N–H and O–H groups in total. The third kappa shape index (κ3) is 3.66. The van der Waals surface area contributed by atoms with Crippen LogP contribution in [0, 0.1) is 6.92 Å². The second kappa shape index (κ2) is 6.15. The normalized spacial score (nSPS) is 10.4. The van der Waals surface area contributed by atoms with E-state index >= 15 is 0 Å². The van der Waals surface area contributed by atoms with E-state index < -0.39 is 0 Å². The molecule has 0 aliphatic heterocycles. The van der Waals surface area contributed by atoms with Gasteiger partial charge in [-0.1, -0.05) is 12.1 Å². The highest BCUT2D eigenvalue weighted by Gasteiger charge is 2.04. The maximum absolute atomic E-state index is 11.3.